The van der Waals surface area contributed by atoms with Gasteiger partial charge in [-0.05, 0) is 100.0 Å². The summed E-state index contributed by atoms with van der Waals surface area (Å²) in [6, 6.07) is 2.30. The van der Waals surface area contributed by atoms with E-state index in [1.54, 1.807) is 38.5 Å². The maximum Gasteiger partial charge on any atom is 0.0865 e. The molecule has 2 nitrogen and oxygen atoms in total. The van der Waals surface area contributed by atoms with Crippen LogP contribution in [0, 0.1) is 40.4 Å². The Kier molecular flexibility index (Phi) is 3.30. The summed E-state index contributed by atoms with van der Waals surface area (Å²) in [5.41, 5.74) is 0.761. The van der Waals surface area contributed by atoms with Crippen LogP contribution in [-0.4, -0.2) is 24.5 Å². The molecule has 4 saturated carbocycles. The third-order valence-electron chi connectivity index (χ3n) is 6.89. The number of nitrogens with zero attached hydrogens (tertiary/aromatic N) is 2. The fourth-order valence-corrected chi connectivity index (χ4v) is 6.60. The van der Waals surface area contributed by atoms with Crippen LogP contribution in [0.15, 0.2) is 0 Å². The predicted molar refractivity (Wildman–Crippen MR) is 80.0 cm³/mol. The van der Waals surface area contributed by atoms with Crippen LogP contribution in [0.25, 0.3) is 0 Å². The Balaban J connectivity index is 1.37. The zero-order valence-electron chi connectivity index (χ0n) is 12.7. The minimum Gasteiger partial charge on any atom is -0.291 e. The van der Waals surface area contributed by atoms with Crippen LogP contribution in [0.3, 0.4) is 0 Å². The van der Waals surface area contributed by atoms with Crippen LogP contribution in [0.5, 0.6) is 0 Å². The maximum atomic E-state index is 8.80. The van der Waals surface area contributed by atoms with Crippen LogP contribution >= 0.6 is 0 Å². The van der Waals surface area contributed by atoms with E-state index in [9.17, 15) is 0 Å². The van der Waals surface area contributed by atoms with Crippen LogP contribution < -0.4 is 0 Å². The highest BCUT2D eigenvalue weighted by Gasteiger charge is 2.51. The molecule has 20 heavy (non-hydrogen) atoms. The standard InChI is InChI=1S/C18H28N2/c19-3-6-20-4-1-14(2-5-20)10-18-11-15-7-16(12-18)9-17(8-15)13-18/h14-17H,1-2,4-13H2. The molecule has 5 aliphatic rings. The smallest absolute Gasteiger partial charge is 0.0865 e. The minimum atomic E-state index is 0.643. The Bertz CT molecular complexity index is 365. The van der Waals surface area contributed by atoms with Gasteiger partial charge in [-0.1, -0.05) is 0 Å². The van der Waals surface area contributed by atoms with E-state index in [-0.39, 0.29) is 0 Å². The van der Waals surface area contributed by atoms with Gasteiger partial charge in [0.25, 0.3) is 0 Å². The lowest BCUT2D eigenvalue weighted by atomic mass is 9.48. The van der Waals surface area contributed by atoms with Crippen molar-refractivity contribution in [3.05, 3.63) is 0 Å². The molecule has 1 aliphatic heterocycles. The van der Waals surface area contributed by atoms with Crippen molar-refractivity contribution in [2.75, 3.05) is 19.6 Å². The van der Waals surface area contributed by atoms with Gasteiger partial charge in [0.2, 0.25) is 0 Å². The molecule has 4 bridgehead atoms. The summed E-state index contributed by atoms with van der Waals surface area (Å²) in [5, 5.41) is 8.80. The first-order valence-electron chi connectivity index (χ1n) is 8.84. The quantitative estimate of drug-likeness (QED) is 0.730. The Labute approximate surface area is 123 Å². The molecule has 0 amide bonds. The van der Waals surface area contributed by atoms with Gasteiger partial charge >= 0.3 is 0 Å². The molecule has 0 N–H and O–H groups in total. The lowest BCUT2D eigenvalue weighted by molar-refractivity contribution is -0.0688. The zero-order chi connectivity index (χ0) is 13.6. The number of rotatable bonds is 3. The van der Waals surface area contributed by atoms with Gasteiger partial charge < -0.3 is 0 Å². The number of piperidine rings is 1. The van der Waals surface area contributed by atoms with Gasteiger partial charge in [0.15, 0.2) is 0 Å². The largest absolute Gasteiger partial charge is 0.291 e. The molecule has 2 heteroatoms. The number of nitriles is 1. The van der Waals surface area contributed by atoms with Crippen LogP contribution in [0.4, 0.5) is 0 Å². The fourth-order valence-electron chi connectivity index (χ4n) is 6.60. The van der Waals surface area contributed by atoms with Crippen LogP contribution in [0.2, 0.25) is 0 Å². The molecule has 110 valence electrons. The predicted octanol–water partition coefficient (Wildman–Crippen LogP) is 3.83. The summed E-state index contributed by atoms with van der Waals surface area (Å²) >= 11 is 0. The number of likely N-dealkylation sites (tertiary alicyclic amines) is 1. The van der Waals surface area contributed by atoms with E-state index in [2.05, 4.69) is 11.0 Å². The van der Waals surface area contributed by atoms with Crippen molar-refractivity contribution in [1.82, 2.24) is 4.90 Å². The van der Waals surface area contributed by atoms with Gasteiger partial charge in [0, 0.05) is 0 Å². The van der Waals surface area contributed by atoms with Crippen molar-refractivity contribution in [2.45, 2.75) is 57.8 Å². The molecule has 0 unspecified atom stereocenters. The summed E-state index contributed by atoms with van der Waals surface area (Å²) < 4.78 is 0. The SMILES string of the molecule is N#CCN1CCC(CC23CC4CC(CC(C4)C2)C3)CC1. The average molecular weight is 272 g/mol. The van der Waals surface area contributed by atoms with E-state index in [4.69, 9.17) is 5.26 Å². The zero-order valence-corrected chi connectivity index (χ0v) is 12.7. The van der Waals surface area contributed by atoms with Gasteiger partial charge in [-0.2, -0.15) is 5.26 Å². The van der Waals surface area contributed by atoms with Gasteiger partial charge in [-0.15, -0.1) is 0 Å². The first-order chi connectivity index (χ1) is 9.75. The minimum absolute atomic E-state index is 0.643. The Morgan fingerprint density at radius 2 is 1.50 bits per heavy atom. The molecule has 5 rings (SSSR count). The molecule has 1 saturated heterocycles. The van der Waals surface area contributed by atoms with Crippen molar-refractivity contribution in [1.29, 1.82) is 5.26 Å². The molecule has 0 spiro atoms. The van der Waals surface area contributed by atoms with E-state index >= 15 is 0 Å². The van der Waals surface area contributed by atoms with Crippen LogP contribution in [0.1, 0.15) is 57.8 Å². The lowest BCUT2D eigenvalue weighted by Gasteiger charge is -2.58. The monoisotopic (exact) mass is 272 g/mol. The first-order valence-corrected chi connectivity index (χ1v) is 8.84. The molecule has 0 atom stereocenters. The molecule has 0 aromatic carbocycles. The molecule has 0 aromatic rings. The molecule has 5 fully saturated rings. The Morgan fingerprint density at radius 3 is 2.00 bits per heavy atom. The highest BCUT2D eigenvalue weighted by Crippen LogP contribution is 2.62. The number of hydrogen-bond donors (Lipinski definition) is 0. The van der Waals surface area contributed by atoms with Crippen molar-refractivity contribution in [3.8, 4) is 6.07 Å². The van der Waals surface area contributed by atoms with Crippen molar-refractivity contribution in [3.63, 3.8) is 0 Å². The molecular formula is C18H28N2. The molecule has 1 heterocycles. The second-order valence-electron chi connectivity index (χ2n) is 8.50. The second kappa shape index (κ2) is 5.02. The summed E-state index contributed by atoms with van der Waals surface area (Å²) in [6.45, 7) is 2.99. The van der Waals surface area contributed by atoms with E-state index < -0.39 is 0 Å². The normalized spacial score (nSPS) is 44.6. The molecular weight excluding hydrogens is 244 g/mol. The van der Waals surface area contributed by atoms with Gasteiger partial charge in [0.05, 0.1) is 12.6 Å². The Morgan fingerprint density at radius 1 is 0.950 bits per heavy atom. The second-order valence-corrected chi connectivity index (χ2v) is 8.50. The third kappa shape index (κ3) is 2.39. The van der Waals surface area contributed by atoms with Crippen molar-refractivity contribution in [2.24, 2.45) is 29.1 Å². The fraction of sp³-hybridized carbons (Fsp3) is 0.944. The summed E-state index contributed by atoms with van der Waals surface area (Å²) in [6.07, 6.45) is 13.6. The van der Waals surface area contributed by atoms with E-state index in [1.165, 1.54) is 32.4 Å². The third-order valence-corrected chi connectivity index (χ3v) is 6.89. The van der Waals surface area contributed by atoms with Gasteiger partial charge in [-0.3, -0.25) is 4.90 Å². The lowest BCUT2D eigenvalue weighted by Crippen LogP contribution is -2.47. The molecule has 0 aromatic heterocycles. The van der Waals surface area contributed by atoms with Crippen molar-refractivity contribution < 1.29 is 0 Å². The van der Waals surface area contributed by atoms with Crippen LogP contribution in [-0.2, 0) is 0 Å². The van der Waals surface area contributed by atoms with Crippen molar-refractivity contribution >= 4 is 0 Å². The summed E-state index contributed by atoms with van der Waals surface area (Å²) in [7, 11) is 0. The van der Waals surface area contributed by atoms with Gasteiger partial charge in [-0.25, -0.2) is 0 Å². The topological polar surface area (TPSA) is 27.0 Å². The molecule has 0 radical (unpaired) electrons. The van der Waals surface area contributed by atoms with E-state index in [1.807, 2.05) is 0 Å². The number of hydrogen-bond acceptors (Lipinski definition) is 2. The summed E-state index contributed by atoms with van der Waals surface area (Å²) in [4.78, 5) is 2.34. The Hall–Kier alpha value is -0.550. The van der Waals surface area contributed by atoms with E-state index in [0.717, 1.165) is 29.1 Å². The summed E-state index contributed by atoms with van der Waals surface area (Å²) in [5.74, 6) is 4.25. The average Bonchev–Trinajstić information content (AvgIpc) is 2.39. The molecule has 4 aliphatic carbocycles. The highest BCUT2D eigenvalue weighted by atomic mass is 15.1. The highest BCUT2D eigenvalue weighted by molar-refractivity contribution is 5.02. The van der Waals surface area contributed by atoms with Gasteiger partial charge in [0.1, 0.15) is 0 Å². The van der Waals surface area contributed by atoms with E-state index in [0.29, 0.717) is 6.54 Å². The maximum absolute atomic E-state index is 8.80. The first kappa shape index (κ1) is 13.1.